The highest BCUT2D eigenvalue weighted by Gasteiger charge is 2.30. The fourth-order valence-electron chi connectivity index (χ4n) is 2.50. The van der Waals surface area contributed by atoms with E-state index in [9.17, 15) is 0 Å². The lowest BCUT2D eigenvalue weighted by Crippen LogP contribution is -2.26. The number of anilines is 1. The van der Waals surface area contributed by atoms with Crippen molar-refractivity contribution in [2.24, 2.45) is 0 Å². The predicted molar refractivity (Wildman–Crippen MR) is 85.4 cm³/mol. The van der Waals surface area contributed by atoms with Gasteiger partial charge in [0, 0.05) is 25.2 Å². The zero-order valence-corrected chi connectivity index (χ0v) is 12.9. The van der Waals surface area contributed by atoms with Gasteiger partial charge in [0.05, 0.1) is 5.69 Å². The zero-order valence-electron chi connectivity index (χ0n) is 12.0. The fourth-order valence-corrected chi connectivity index (χ4v) is 3.16. The van der Waals surface area contributed by atoms with Crippen LogP contribution in [0.15, 0.2) is 29.0 Å². The molecule has 2 saturated carbocycles. The molecule has 0 spiro atoms. The van der Waals surface area contributed by atoms with Crippen LogP contribution in [0.3, 0.4) is 0 Å². The summed E-state index contributed by atoms with van der Waals surface area (Å²) in [4.78, 5) is 2.40. The number of nitrogens with one attached hydrogen (secondary N) is 1. The van der Waals surface area contributed by atoms with E-state index in [1.165, 1.54) is 31.2 Å². The summed E-state index contributed by atoms with van der Waals surface area (Å²) >= 11 is 1.76. The Hall–Kier alpha value is -1.46. The molecule has 0 saturated heterocycles. The summed E-state index contributed by atoms with van der Waals surface area (Å²) in [7, 11) is 0. The minimum atomic E-state index is 0.648. The van der Waals surface area contributed by atoms with Gasteiger partial charge in [-0.2, -0.15) is 16.4 Å². The van der Waals surface area contributed by atoms with E-state index >= 15 is 0 Å². The lowest BCUT2D eigenvalue weighted by molar-refractivity contribution is 0.662. The van der Waals surface area contributed by atoms with Crippen LogP contribution in [0.25, 0.3) is 0 Å². The number of hydrogen-bond donors (Lipinski definition) is 1. The maximum Gasteiger partial charge on any atom is 0.151 e. The minimum Gasteiger partial charge on any atom is -0.348 e. The summed E-state index contributed by atoms with van der Waals surface area (Å²) in [5.41, 5.74) is 2.41. The van der Waals surface area contributed by atoms with Crippen molar-refractivity contribution in [3.8, 4) is 0 Å². The van der Waals surface area contributed by atoms with E-state index in [2.05, 4.69) is 49.4 Å². The lowest BCUT2D eigenvalue weighted by atomic mass is 10.3. The fraction of sp³-hybridized carbons (Fsp3) is 0.500. The Labute approximate surface area is 129 Å². The van der Waals surface area contributed by atoms with Crippen molar-refractivity contribution in [3.05, 3.63) is 40.2 Å². The molecule has 0 unspecified atom stereocenters. The van der Waals surface area contributed by atoms with Crippen LogP contribution in [-0.2, 0) is 13.1 Å². The van der Waals surface area contributed by atoms with Gasteiger partial charge in [-0.25, -0.2) is 0 Å². The third-order valence-corrected chi connectivity index (χ3v) is 4.80. The molecule has 0 amide bonds. The molecule has 4 rings (SSSR count). The molecule has 0 atom stereocenters. The first-order valence-electron chi connectivity index (χ1n) is 7.72. The summed E-state index contributed by atoms with van der Waals surface area (Å²) < 4.78 is 0. The average molecular weight is 300 g/mol. The van der Waals surface area contributed by atoms with Crippen molar-refractivity contribution in [2.45, 2.75) is 50.9 Å². The Kier molecular flexibility index (Phi) is 3.61. The third-order valence-electron chi connectivity index (χ3n) is 4.07. The summed E-state index contributed by atoms with van der Waals surface area (Å²) in [6.07, 6.45) is 5.16. The maximum absolute atomic E-state index is 4.46. The Morgan fingerprint density at radius 2 is 2.05 bits per heavy atom. The SMILES string of the molecule is c1cc(CN(c2ccc(CNC3CC3)nn2)C2CC2)cs1. The van der Waals surface area contributed by atoms with Crippen LogP contribution < -0.4 is 10.2 Å². The van der Waals surface area contributed by atoms with Crippen molar-refractivity contribution in [2.75, 3.05) is 4.90 Å². The van der Waals surface area contributed by atoms with Crippen molar-refractivity contribution in [1.29, 1.82) is 0 Å². The van der Waals surface area contributed by atoms with E-state index in [0.29, 0.717) is 12.1 Å². The second-order valence-corrected chi connectivity index (χ2v) is 6.81. The van der Waals surface area contributed by atoms with Gasteiger partial charge in [0.1, 0.15) is 0 Å². The van der Waals surface area contributed by atoms with Crippen LogP contribution in [0.4, 0.5) is 5.82 Å². The number of hydrogen-bond acceptors (Lipinski definition) is 5. The molecular formula is C16H20N4S. The van der Waals surface area contributed by atoms with Crippen molar-refractivity contribution < 1.29 is 0 Å². The van der Waals surface area contributed by atoms with Crippen LogP contribution in [0.1, 0.15) is 36.9 Å². The van der Waals surface area contributed by atoms with Crippen molar-refractivity contribution in [3.63, 3.8) is 0 Å². The Morgan fingerprint density at radius 1 is 1.14 bits per heavy atom. The standard InChI is InChI=1S/C16H20N4S/c1-2-13(1)17-9-14-3-6-16(19-18-14)20(15-4-5-15)10-12-7-8-21-11-12/h3,6-8,11,13,15,17H,1-2,4-5,9-10H2. The Balaban J connectivity index is 1.44. The van der Waals surface area contributed by atoms with Gasteiger partial charge in [-0.05, 0) is 60.2 Å². The summed E-state index contributed by atoms with van der Waals surface area (Å²) in [6.45, 7) is 1.79. The molecule has 5 heteroatoms. The first-order valence-corrected chi connectivity index (χ1v) is 8.66. The predicted octanol–water partition coefficient (Wildman–Crippen LogP) is 2.96. The number of nitrogens with zero attached hydrogens (tertiary/aromatic N) is 3. The first-order chi connectivity index (χ1) is 10.4. The molecule has 2 aromatic rings. The van der Waals surface area contributed by atoms with E-state index < -0.39 is 0 Å². The Bertz CT molecular complexity index is 573. The zero-order chi connectivity index (χ0) is 14.1. The summed E-state index contributed by atoms with van der Waals surface area (Å²) in [5, 5.41) is 16.7. The second kappa shape index (κ2) is 5.73. The molecule has 4 nitrogen and oxygen atoms in total. The minimum absolute atomic E-state index is 0.648. The molecule has 0 bridgehead atoms. The van der Waals surface area contributed by atoms with E-state index in [4.69, 9.17) is 0 Å². The first kappa shape index (κ1) is 13.2. The smallest absolute Gasteiger partial charge is 0.151 e. The van der Waals surface area contributed by atoms with Crippen LogP contribution in [-0.4, -0.2) is 22.3 Å². The molecule has 0 radical (unpaired) electrons. The van der Waals surface area contributed by atoms with Gasteiger partial charge in [-0.1, -0.05) is 0 Å². The quantitative estimate of drug-likeness (QED) is 0.853. The number of aromatic nitrogens is 2. The molecule has 2 aliphatic rings. The molecular weight excluding hydrogens is 280 g/mol. The highest BCUT2D eigenvalue weighted by Crippen LogP contribution is 2.32. The molecule has 2 aliphatic carbocycles. The van der Waals surface area contributed by atoms with Gasteiger partial charge in [0.15, 0.2) is 5.82 Å². The van der Waals surface area contributed by atoms with Gasteiger partial charge in [0.2, 0.25) is 0 Å². The topological polar surface area (TPSA) is 41.0 Å². The number of thiophene rings is 1. The van der Waals surface area contributed by atoms with Crippen LogP contribution in [0, 0.1) is 0 Å². The Morgan fingerprint density at radius 3 is 2.67 bits per heavy atom. The molecule has 0 aliphatic heterocycles. The van der Waals surface area contributed by atoms with Gasteiger partial charge >= 0.3 is 0 Å². The van der Waals surface area contributed by atoms with Gasteiger partial charge in [0.25, 0.3) is 0 Å². The van der Waals surface area contributed by atoms with E-state index in [-0.39, 0.29) is 0 Å². The molecule has 0 aromatic carbocycles. The highest BCUT2D eigenvalue weighted by atomic mass is 32.1. The molecule has 2 heterocycles. The molecule has 1 N–H and O–H groups in total. The third kappa shape index (κ3) is 3.41. The summed E-state index contributed by atoms with van der Waals surface area (Å²) in [5.74, 6) is 1.01. The second-order valence-electron chi connectivity index (χ2n) is 6.03. The monoisotopic (exact) mass is 300 g/mol. The largest absolute Gasteiger partial charge is 0.348 e. The highest BCUT2D eigenvalue weighted by molar-refractivity contribution is 7.07. The molecule has 110 valence electrons. The van der Waals surface area contributed by atoms with E-state index in [0.717, 1.165) is 24.6 Å². The van der Waals surface area contributed by atoms with Gasteiger partial charge < -0.3 is 10.2 Å². The van der Waals surface area contributed by atoms with Crippen LogP contribution in [0.5, 0.6) is 0 Å². The van der Waals surface area contributed by atoms with Gasteiger partial charge in [-0.15, -0.1) is 5.10 Å². The van der Waals surface area contributed by atoms with E-state index in [1.807, 2.05) is 0 Å². The number of rotatable bonds is 7. The normalized spacial score (nSPS) is 17.9. The van der Waals surface area contributed by atoms with Crippen LogP contribution in [0.2, 0.25) is 0 Å². The summed E-state index contributed by atoms with van der Waals surface area (Å²) in [6, 6.07) is 7.80. The lowest BCUT2D eigenvalue weighted by Gasteiger charge is -2.22. The van der Waals surface area contributed by atoms with Crippen LogP contribution >= 0.6 is 11.3 Å². The maximum atomic E-state index is 4.46. The molecule has 2 aromatic heterocycles. The average Bonchev–Trinajstić information content (AvgIpc) is 3.44. The molecule has 2 fully saturated rings. The molecule has 21 heavy (non-hydrogen) atoms. The van der Waals surface area contributed by atoms with Gasteiger partial charge in [-0.3, -0.25) is 0 Å². The van der Waals surface area contributed by atoms with E-state index in [1.54, 1.807) is 11.3 Å². The van der Waals surface area contributed by atoms with Crippen molar-refractivity contribution in [1.82, 2.24) is 15.5 Å². The van der Waals surface area contributed by atoms with Crippen molar-refractivity contribution >= 4 is 17.2 Å².